The number of aromatic nitrogens is 2. The van der Waals surface area contributed by atoms with Crippen LogP contribution in [0.3, 0.4) is 0 Å². The molecule has 2 aliphatic heterocycles. The van der Waals surface area contributed by atoms with Gasteiger partial charge in [0.15, 0.2) is 0 Å². The molecule has 212 valence electrons. The van der Waals surface area contributed by atoms with E-state index in [1.165, 1.54) is 0 Å². The number of anilines is 2. The molecule has 9 nitrogen and oxygen atoms in total. The van der Waals surface area contributed by atoms with Crippen molar-refractivity contribution in [3.8, 4) is 5.75 Å². The first-order chi connectivity index (χ1) is 19.4. The molecular formula is C30H37ClN6O3. The van der Waals surface area contributed by atoms with Crippen LogP contribution < -0.4 is 20.1 Å². The Morgan fingerprint density at radius 1 is 0.975 bits per heavy atom. The predicted molar refractivity (Wildman–Crippen MR) is 159 cm³/mol. The zero-order valence-corrected chi connectivity index (χ0v) is 23.9. The van der Waals surface area contributed by atoms with E-state index in [1.54, 1.807) is 13.2 Å². The fourth-order valence-electron chi connectivity index (χ4n) is 5.61. The van der Waals surface area contributed by atoms with Crippen molar-refractivity contribution in [1.82, 2.24) is 19.8 Å². The number of hydrogen-bond donors (Lipinski definition) is 1. The van der Waals surface area contributed by atoms with Gasteiger partial charge in [-0.25, -0.2) is 4.98 Å². The van der Waals surface area contributed by atoms with E-state index < -0.39 is 0 Å². The molecule has 1 atom stereocenters. The first kappa shape index (κ1) is 28.0. The molecule has 3 heterocycles. The summed E-state index contributed by atoms with van der Waals surface area (Å²) < 4.78 is 5.53. The van der Waals surface area contributed by atoms with Gasteiger partial charge in [-0.3, -0.25) is 19.5 Å². The van der Waals surface area contributed by atoms with Crippen molar-refractivity contribution in [1.29, 1.82) is 0 Å². The van der Waals surface area contributed by atoms with Crippen LogP contribution in [0.15, 0.2) is 59.4 Å². The molecule has 2 fully saturated rings. The minimum absolute atomic E-state index is 0.130. The number of carbonyl (C=O) groups excluding carboxylic acids is 1. The first-order valence-corrected chi connectivity index (χ1v) is 14.3. The molecule has 0 bridgehead atoms. The summed E-state index contributed by atoms with van der Waals surface area (Å²) in [5.74, 6) is 1.42. The van der Waals surface area contributed by atoms with Crippen LogP contribution in [0.4, 0.5) is 11.6 Å². The zero-order valence-electron chi connectivity index (χ0n) is 23.2. The van der Waals surface area contributed by atoms with Crippen molar-refractivity contribution in [3.05, 3.63) is 81.2 Å². The van der Waals surface area contributed by atoms with E-state index in [0.717, 1.165) is 55.3 Å². The van der Waals surface area contributed by atoms with Crippen LogP contribution >= 0.6 is 11.6 Å². The van der Waals surface area contributed by atoms with Gasteiger partial charge in [-0.05, 0) is 30.2 Å². The number of benzene rings is 2. The summed E-state index contributed by atoms with van der Waals surface area (Å²) in [6, 6.07) is 17.2. The van der Waals surface area contributed by atoms with Crippen LogP contribution in [-0.2, 0) is 11.3 Å². The molecule has 5 rings (SSSR count). The van der Waals surface area contributed by atoms with Gasteiger partial charge in [0.2, 0.25) is 11.9 Å². The number of amides is 1. The van der Waals surface area contributed by atoms with Gasteiger partial charge in [0.25, 0.3) is 5.56 Å². The second-order valence-corrected chi connectivity index (χ2v) is 10.8. The lowest BCUT2D eigenvalue weighted by atomic mass is 9.95. The summed E-state index contributed by atoms with van der Waals surface area (Å²) >= 11 is 6.24. The summed E-state index contributed by atoms with van der Waals surface area (Å²) in [5.41, 5.74) is 2.65. The van der Waals surface area contributed by atoms with Gasteiger partial charge >= 0.3 is 0 Å². The van der Waals surface area contributed by atoms with Crippen molar-refractivity contribution in [2.75, 3.05) is 69.3 Å². The second-order valence-electron chi connectivity index (χ2n) is 10.3. The van der Waals surface area contributed by atoms with E-state index in [9.17, 15) is 9.59 Å². The van der Waals surface area contributed by atoms with Crippen LogP contribution in [0.5, 0.6) is 5.75 Å². The number of halogens is 1. The van der Waals surface area contributed by atoms with Crippen molar-refractivity contribution in [2.45, 2.75) is 25.8 Å². The van der Waals surface area contributed by atoms with E-state index >= 15 is 0 Å². The number of nitrogens with zero attached hydrogens (tertiary/aromatic N) is 5. The van der Waals surface area contributed by atoms with Gasteiger partial charge in [-0.2, -0.15) is 0 Å². The molecule has 40 heavy (non-hydrogen) atoms. The third kappa shape index (κ3) is 6.42. The standard InChI is InChI=1S/C30H37ClN6O3/c1-3-25(22-7-5-4-6-8-22)29(39)36-15-17-37(18-16-36)30-32-24(20-28(38)33-30)21-34-11-13-35(14-12-34)26-19-23(31)9-10-27(26)40-2/h4-10,19-20,25H,3,11-18,21H2,1-2H3,(H,32,33,38)/t25-/m1/s1. The third-order valence-corrected chi connectivity index (χ3v) is 8.06. The van der Waals surface area contributed by atoms with Crippen LogP contribution in [-0.4, -0.2) is 85.1 Å². The van der Waals surface area contributed by atoms with Gasteiger partial charge in [0.1, 0.15) is 5.75 Å². The Kier molecular flexibility index (Phi) is 8.91. The van der Waals surface area contributed by atoms with Crippen molar-refractivity contribution in [2.24, 2.45) is 0 Å². The third-order valence-electron chi connectivity index (χ3n) is 7.82. The van der Waals surface area contributed by atoms with Gasteiger partial charge in [-0.1, -0.05) is 48.9 Å². The summed E-state index contributed by atoms with van der Waals surface area (Å²) in [5, 5.41) is 0.685. The van der Waals surface area contributed by atoms with E-state index in [-0.39, 0.29) is 17.4 Å². The summed E-state index contributed by atoms with van der Waals surface area (Å²) in [4.78, 5) is 42.1. The van der Waals surface area contributed by atoms with E-state index in [0.29, 0.717) is 43.7 Å². The molecule has 1 aromatic heterocycles. The minimum Gasteiger partial charge on any atom is -0.495 e. The number of carbonyl (C=O) groups is 1. The molecule has 0 aliphatic carbocycles. The Morgan fingerprint density at radius 3 is 2.35 bits per heavy atom. The SMILES string of the molecule is CC[C@@H](C(=O)N1CCN(c2nc(CN3CCN(c4cc(Cl)ccc4OC)CC3)cc(=O)[nH]2)CC1)c1ccccc1. The first-order valence-electron chi connectivity index (χ1n) is 13.9. The largest absolute Gasteiger partial charge is 0.495 e. The molecule has 10 heteroatoms. The summed E-state index contributed by atoms with van der Waals surface area (Å²) in [6.07, 6.45) is 0.765. The summed E-state index contributed by atoms with van der Waals surface area (Å²) in [6.45, 7) is 8.43. The number of H-pyrrole nitrogens is 1. The molecule has 2 saturated heterocycles. The van der Waals surface area contributed by atoms with E-state index in [1.807, 2.05) is 53.4 Å². The molecule has 2 aromatic carbocycles. The van der Waals surface area contributed by atoms with E-state index in [4.69, 9.17) is 21.3 Å². The highest BCUT2D eigenvalue weighted by molar-refractivity contribution is 6.30. The lowest BCUT2D eigenvalue weighted by molar-refractivity contribution is -0.133. The lowest BCUT2D eigenvalue weighted by Crippen LogP contribution is -2.50. The van der Waals surface area contributed by atoms with E-state index in [2.05, 4.69) is 26.6 Å². The molecule has 2 aliphatic rings. The maximum atomic E-state index is 13.3. The highest BCUT2D eigenvalue weighted by Gasteiger charge is 2.28. The van der Waals surface area contributed by atoms with Crippen molar-refractivity contribution in [3.63, 3.8) is 0 Å². The number of rotatable bonds is 8. The molecule has 0 radical (unpaired) electrons. The van der Waals surface area contributed by atoms with Gasteiger partial charge < -0.3 is 19.4 Å². The average molecular weight is 565 g/mol. The number of piperazine rings is 2. The number of ether oxygens (including phenoxy) is 1. The molecule has 0 spiro atoms. The average Bonchev–Trinajstić information content (AvgIpc) is 2.98. The van der Waals surface area contributed by atoms with Crippen LogP contribution in [0.25, 0.3) is 0 Å². The number of nitrogens with one attached hydrogen (secondary N) is 1. The Hall–Kier alpha value is -3.56. The van der Waals surface area contributed by atoms with Crippen molar-refractivity contribution < 1.29 is 9.53 Å². The quantitative estimate of drug-likeness (QED) is 0.447. The fourth-order valence-corrected chi connectivity index (χ4v) is 5.77. The Balaban J connectivity index is 1.18. The number of methoxy groups -OCH3 is 1. The molecule has 1 N–H and O–H groups in total. The zero-order chi connectivity index (χ0) is 28.1. The number of aromatic amines is 1. The smallest absolute Gasteiger partial charge is 0.252 e. The second kappa shape index (κ2) is 12.7. The maximum absolute atomic E-state index is 13.3. The Labute approximate surface area is 240 Å². The Bertz CT molecular complexity index is 1350. The maximum Gasteiger partial charge on any atom is 0.252 e. The van der Waals surface area contributed by atoms with Crippen molar-refractivity contribution >= 4 is 29.1 Å². The molecule has 0 saturated carbocycles. The molecule has 1 amide bonds. The van der Waals surface area contributed by atoms with Gasteiger partial charge in [0, 0.05) is 70.0 Å². The highest BCUT2D eigenvalue weighted by atomic mass is 35.5. The van der Waals surface area contributed by atoms with Crippen LogP contribution in [0.1, 0.15) is 30.5 Å². The topological polar surface area (TPSA) is 85.0 Å². The molecular weight excluding hydrogens is 528 g/mol. The number of hydrogen-bond acceptors (Lipinski definition) is 7. The Morgan fingerprint density at radius 2 is 1.68 bits per heavy atom. The fraction of sp³-hybridized carbons (Fsp3) is 0.433. The molecule has 3 aromatic rings. The van der Waals surface area contributed by atoms with Crippen LogP contribution in [0.2, 0.25) is 5.02 Å². The van der Waals surface area contributed by atoms with Crippen LogP contribution in [0, 0.1) is 0 Å². The normalized spacial score (nSPS) is 17.1. The minimum atomic E-state index is -0.157. The highest BCUT2D eigenvalue weighted by Crippen LogP contribution is 2.32. The monoisotopic (exact) mass is 564 g/mol. The molecule has 0 unspecified atom stereocenters. The summed E-state index contributed by atoms with van der Waals surface area (Å²) in [7, 11) is 1.67. The lowest BCUT2D eigenvalue weighted by Gasteiger charge is -2.37. The van der Waals surface area contributed by atoms with Gasteiger partial charge in [0.05, 0.1) is 24.4 Å². The predicted octanol–water partition coefficient (Wildman–Crippen LogP) is 3.60. The van der Waals surface area contributed by atoms with Gasteiger partial charge in [-0.15, -0.1) is 0 Å².